The molecule has 0 saturated heterocycles. The van der Waals surface area contributed by atoms with Gasteiger partial charge in [-0.25, -0.2) is 0 Å². The van der Waals surface area contributed by atoms with Crippen LogP contribution in [0, 0.1) is 0 Å². The second kappa shape index (κ2) is 16.6. The molecule has 1 aliphatic heterocycles. The average molecular weight is 582 g/mol. The highest BCUT2D eigenvalue weighted by molar-refractivity contribution is 5.99. The molecule has 6 N–H and O–H groups in total. The van der Waals surface area contributed by atoms with Crippen LogP contribution in [0.4, 0.5) is 0 Å². The van der Waals surface area contributed by atoms with E-state index < -0.39 is 41.6 Å². The van der Waals surface area contributed by atoms with Gasteiger partial charge in [-0.05, 0) is 61.9 Å². The fraction of sp³-hybridized carbons (Fsp3) is 0.433. The van der Waals surface area contributed by atoms with Crippen LogP contribution >= 0.6 is 0 Å². The van der Waals surface area contributed by atoms with Gasteiger partial charge in [-0.3, -0.25) is 24.0 Å². The summed E-state index contributed by atoms with van der Waals surface area (Å²) >= 11 is 0. The monoisotopic (exact) mass is 581 g/mol. The molecule has 2 aromatic rings. The Morgan fingerprint density at radius 1 is 1.10 bits per heavy atom. The molecule has 0 aromatic heterocycles. The van der Waals surface area contributed by atoms with Gasteiger partial charge in [-0.15, -0.1) is 0 Å². The fourth-order valence-corrected chi connectivity index (χ4v) is 4.43. The van der Waals surface area contributed by atoms with Crippen molar-refractivity contribution in [3.8, 4) is 11.5 Å². The number of rotatable bonds is 9. The summed E-state index contributed by atoms with van der Waals surface area (Å²) in [5, 5.41) is 10.9. The molecule has 3 rings (SSSR count). The number of aryl methyl sites for hydroxylation is 1. The molecule has 0 aliphatic carbocycles. The largest absolute Gasteiger partial charge is 0.497 e. The van der Waals surface area contributed by atoms with E-state index in [1.54, 1.807) is 31.4 Å². The highest BCUT2D eigenvalue weighted by atomic mass is 16.5. The number of ether oxygens (including phenoxy) is 2. The van der Waals surface area contributed by atoms with Crippen LogP contribution in [0.1, 0.15) is 54.4 Å². The molecule has 0 bridgehead atoms. The quantitative estimate of drug-likeness (QED) is 0.274. The zero-order valence-electron chi connectivity index (χ0n) is 23.8. The Labute approximate surface area is 245 Å². The molecular formula is C30H39N5O7. The van der Waals surface area contributed by atoms with Gasteiger partial charge in [0, 0.05) is 25.9 Å². The van der Waals surface area contributed by atoms with Crippen LogP contribution in [0.3, 0.4) is 0 Å². The molecule has 2 aromatic carbocycles. The molecule has 1 aliphatic rings. The van der Waals surface area contributed by atoms with E-state index in [0.717, 1.165) is 11.3 Å². The number of nitrogens with one attached hydrogen (secondary N) is 4. The van der Waals surface area contributed by atoms with Crippen molar-refractivity contribution in [1.29, 1.82) is 0 Å². The fourth-order valence-electron chi connectivity index (χ4n) is 4.43. The molecule has 5 amide bonds. The first-order valence-electron chi connectivity index (χ1n) is 14.1. The number of methoxy groups -OCH3 is 1. The summed E-state index contributed by atoms with van der Waals surface area (Å²) in [4.78, 5) is 63.2. The number of benzene rings is 2. The second-order valence-electron chi connectivity index (χ2n) is 9.93. The molecular weight excluding hydrogens is 542 g/mol. The Kier molecular flexibility index (Phi) is 12.6. The van der Waals surface area contributed by atoms with Crippen LogP contribution in [0.25, 0.3) is 0 Å². The van der Waals surface area contributed by atoms with Crippen LogP contribution < -0.4 is 36.5 Å². The molecule has 0 spiro atoms. The number of hydrogen-bond donors (Lipinski definition) is 5. The Balaban J connectivity index is 1.71. The van der Waals surface area contributed by atoms with Gasteiger partial charge in [-0.1, -0.05) is 24.3 Å². The minimum atomic E-state index is -1.03. The van der Waals surface area contributed by atoms with Crippen molar-refractivity contribution < 1.29 is 33.4 Å². The van der Waals surface area contributed by atoms with Gasteiger partial charge in [0.15, 0.2) is 0 Å². The summed E-state index contributed by atoms with van der Waals surface area (Å²) in [6.07, 6.45) is 1.55. The van der Waals surface area contributed by atoms with Gasteiger partial charge >= 0.3 is 0 Å². The van der Waals surface area contributed by atoms with E-state index in [4.69, 9.17) is 15.2 Å². The highest BCUT2D eigenvalue weighted by Crippen LogP contribution is 2.19. The number of fused-ring (bicyclic) bond motifs is 1. The summed E-state index contributed by atoms with van der Waals surface area (Å²) < 4.78 is 11.0. The molecule has 42 heavy (non-hydrogen) atoms. The average Bonchev–Trinajstić information content (AvgIpc) is 2.98. The Bertz CT molecular complexity index is 1250. The number of primary amides is 1. The van der Waals surface area contributed by atoms with Crippen LogP contribution in [0.2, 0.25) is 0 Å². The minimum absolute atomic E-state index is 0.0214. The van der Waals surface area contributed by atoms with Gasteiger partial charge in [0.2, 0.25) is 23.6 Å². The van der Waals surface area contributed by atoms with Gasteiger partial charge in [0.1, 0.15) is 23.6 Å². The normalized spacial score (nSPS) is 18.4. The summed E-state index contributed by atoms with van der Waals surface area (Å²) in [7, 11) is 1.60. The molecule has 1 unspecified atom stereocenters. The van der Waals surface area contributed by atoms with E-state index in [-0.39, 0.29) is 44.4 Å². The molecule has 0 saturated carbocycles. The SMILES string of the molecule is COc1cccc(CCCNC(=O)[C@@H]2CCC(=O)NC(CCC(N)=O)C(=O)NCCCOc3ccccc3C(=O)N2)c1. The van der Waals surface area contributed by atoms with E-state index in [0.29, 0.717) is 31.6 Å². The molecule has 0 radical (unpaired) electrons. The van der Waals surface area contributed by atoms with E-state index in [1.807, 2.05) is 24.3 Å². The predicted octanol–water partition coefficient (Wildman–Crippen LogP) is 0.972. The summed E-state index contributed by atoms with van der Waals surface area (Å²) in [6.45, 7) is 0.819. The predicted molar refractivity (Wildman–Crippen MR) is 155 cm³/mol. The van der Waals surface area contributed by atoms with Crippen LogP contribution in [-0.2, 0) is 25.6 Å². The molecule has 12 nitrogen and oxygen atoms in total. The Morgan fingerprint density at radius 3 is 2.69 bits per heavy atom. The first-order valence-corrected chi connectivity index (χ1v) is 14.1. The van der Waals surface area contributed by atoms with Crippen LogP contribution in [-0.4, -0.2) is 68.4 Å². The maximum absolute atomic E-state index is 13.2. The third-order valence-electron chi connectivity index (χ3n) is 6.70. The van der Waals surface area contributed by atoms with Crippen molar-refractivity contribution in [2.24, 2.45) is 5.73 Å². The van der Waals surface area contributed by atoms with Crippen molar-refractivity contribution >= 4 is 29.5 Å². The van der Waals surface area contributed by atoms with Crippen LogP contribution in [0.15, 0.2) is 48.5 Å². The lowest BCUT2D eigenvalue weighted by Gasteiger charge is -2.22. The maximum atomic E-state index is 13.2. The second-order valence-corrected chi connectivity index (χ2v) is 9.93. The van der Waals surface area contributed by atoms with Gasteiger partial charge in [0.05, 0.1) is 19.3 Å². The van der Waals surface area contributed by atoms with E-state index >= 15 is 0 Å². The number of carbonyl (C=O) groups is 5. The Hall–Kier alpha value is -4.61. The molecule has 1 heterocycles. The maximum Gasteiger partial charge on any atom is 0.255 e. The standard InChI is InChI=1S/C30H39N5O7/c1-41-21-9-4-7-20(19-21)8-5-16-32-30(40)24-13-15-27(37)34-23(12-14-26(31)36)29(39)33-17-6-18-42-25-11-3-2-10-22(25)28(38)35-24/h2-4,7,9-11,19,23-24H,5-6,8,12-18H2,1H3,(H2,31,36)(H,32,40)(H,33,39)(H,34,37)(H,35,38)/t23?,24-/m0/s1. The third kappa shape index (κ3) is 10.4. The first kappa shape index (κ1) is 31.9. The molecule has 226 valence electrons. The number of amides is 5. The summed E-state index contributed by atoms with van der Waals surface area (Å²) in [6, 6.07) is 12.3. The van der Waals surface area contributed by atoms with E-state index in [2.05, 4.69) is 21.3 Å². The molecule has 12 heteroatoms. The molecule has 0 fully saturated rings. The lowest BCUT2D eigenvalue weighted by atomic mass is 10.1. The lowest BCUT2D eigenvalue weighted by Crippen LogP contribution is -2.49. The minimum Gasteiger partial charge on any atom is -0.497 e. The number of hydrogen-bond acceptors (Lipinski definition) is 7. The van der Waals surface area contributed by atoms with Gasteiger partial charge < -0.3 is 36.5 Å². The van der Waals surface area contributed by atoms with Gasteiger partial charge in [-0.2, -0.15) is 0 Å². The van der Waals surface area contributed by atoms with Crippen LogP contribution in [0.5, 0.6) is 11.5 Å². The number of carbonyl (C=O) groups excluding carboxylic acids is 5. The topological polar surface area (TPSA) is 178 Å². The van der Waals surface area contributed by atoms with Crippen molar-refractivity contribution in [2.75, 3.05) is 26.8 Å². The van der Waals surface area contributed by atoms with E-state index in [9.17, 15) is 24.0 Å². The van der Waals surface area contributed by atoms with Crippen molar-refractivity contribution in [3.05, 3.63) is 59.7 Å². The number of para-hydroxylation sites is 1. The molecule has 2 atom stereocenters. The first-order chi connectivity index (χ1) is 20.3. The third-order valence-corrected chi connectivity index (χ3v) is 6.70. The number of nitrogens with two attached hydrogens (primary N) is 1. The van der Waals surface area contributed by atoms with Crippen molar-refractivity contribution in [2.45, 2.75) is 57.0 Å². The van der Waals surface area contributed by atoms with Crippen molar-refractivity contribution in [1.82, 2.24) is 21.3 Å². The smallest absolute Gasteiger partial charge is 0.255 e. The summed E-state index contributed by atoms with van der Waals surface area (Å²) in [5.41, 5.74) is 6.55. The highest BCUT2D eigenvalue weighted by Gasteiger charge is 2.26. The zero-order valence-corrected chi connectivity index (χ0v) is 23.8. The summed E-state index contributed by atoms with van der Waals surface area (Å²) in [5.74, 6) is -1.41. The lowest BCUT2D eigenvalue weighted by molar-refractivity contribution is -0.130. The Morgan fingerprint density at radius 2 is 1.90 bits per heavy atom. The van der Waals surface area contributed by atoms with Gasteiger partial charge in [0.25, 0.3) is 5.91 Å². The van der Waals surface area contributed by atoms with Crippen molar-refractivity contribution in [3.63, 3.8) is 0 Å². The zero-order chi connectivity index (χ0) is 30.3. The van der Waals surface area contributed by atoms with E-state index in [1.165, 1.54) is 0 Å².